The Morgan fingerprint density at radius 3 is 2.44 bits per heavy atom. The van der Waals surface area contributed by atoms with Gasteiger partial charge in [-0.15, -0.1) is 11.3 Å². The van der Waals surface area contributed by atoms with Gasteiger partial charge in [-0.05, 0) is 24.8 Å². The van der Waals surface area contributed by atoms with E-state index < -0.39 is 0 Å². The van der Waals surface area contributed by atoms with E-state index >= 15 is 0 Å². The van der Waals surface area contributed by atoms with Crippen LogP contribution in [0, 0.1) is 0 Å². The standard InChI is InChI=1S/C18H25N3O5S/c1-2-26-18(25)21-10-8-20(9-11-21)17(24)13-19-16(23)7-3-5-14(22)15-6-4-12-27-15/h4,6,12H,2-3,5,7-11,13H2,1H3,(H,19,23). The minimum atomic E-state index is -0.366. The van der Waals surface area contributed by atoms with E-state index in [9.17, 15) is 19.2 Å². The Hall–Kier alpha value is -2.42. The van der Waals surface area contributed by atoms with Gasteiger partial charge in [0, 0.05) is 39.0 Å². The van der Waals surface area contributed by atoms with Crippen LogP contribution in [0.25, 0.3) is 0 Å². The highest BCUT2D eigenvalue weighted by Crippen LogP contribution is 2.13. The quantitative estimate of drug-likeness (QED) is 0.673. The predicted molar refractivity (Wildman–Crippen MR) is 101 cm³/mol. The van der Waals surface area contributed by atoms with Crippen molar-refractivity contribution in [3.8, 4) is 0 Å². The number of hydrogen-bond donors (Lipinski definition) is 1. The molecule has 0 aliphatic carbocycles. The fraction of sp³-hybridized carbons (Fsp3) is 0.556. The molecule has 1 N–H and O–H groups in total. The first-order valence-electron chi connectivity index (χ1n) is 9.04. The molecule has 0 spiro atoms. The van der Waals surface area contributed by atoms with E-state index in [1.165, 1.54) is 11.3 Å². The summed E-state index contributed by atoms with van der Waals surface area (Å²) in [6, 6.07) is 3.59. The summed E-state index contributed by atoms with van der Waals surface area (Å²) in [6.45, 7) is 3.68. The van der Waals surface area contributed by atoms with Crippen LogP contribution in [0.3, 0.4) is 0 Å². The topological polar surface area (TPSA) is 96.0 Å². The number of piperazine rings is 1. The van der Waals surface area contributed by atoms with Gasteiger partial charge in [0.1, 0.15) is 0 Å². The third-order valence-corrected chi connectivity index (χ3v) is 5.11. The first kappa shape index (κ1) is 20.9. The number of hydrogen-bond acceptors (Lipinski definition) is 6. The third-order valence-electron chi connectivity index (χ3n) is 4.20. The van der Waals surface area contributed by atoms with Crippen molar-refractivity contribution in [3.63, 3.8) is 0 Å². The molecular formula is C18H25N3O5S. The monoisotopic (exact) mass is 395 g/mol. The number of thiophene rings is 1. The lowest BCUT2D eigenvalue weighted by Crippen LogP contribution is -2.52. The number of carbonyl (C=O) groups is 4. The van der Waals surface area contributed by atoms with Crippen LogP contribution in [0.15, 0.2) is 17.5 Å². The van der Waals surface area contributed by atoms with Gasteiger partial charge < -0.3 is 19.9 Å². The zero-order valence-electron chi connectivity index (χ0n) is 15.4. The fourth-order valence-corrected chi connectivity index (χ4v) is 3.39. The number of carbonyl (C=O) groups excluding carboxylic acids is 4. The van der Waals surface area contributed by atoms with Gasteiger partial charge in [-0.2, -0.15) is 0 Å². The second-order valence-corrected chi connectivity index (χ2v) is 7.05. The molecule has 1 aromatic heterocycles. The first-order chi connectivity index (χ1) is 13.0. The molecule has 0 unspecified atom stereocenters. The summed E-state index contributed by atoms with van der Waals surface area (Å²) in [5.41, 5.74) is 0. The van der Waals surface area contributed by atoms with Gasteiger partial charge in [-0.3, -0.25) is 14.4 Å². The van der Waals surface area contributed by atoms with E-state index in [0.717, 1.165) is 0 Å². The number of amides is 3. The summed E-state index contributed by atoms with van der Waals surface area (Å²) in [5.74, 6) is -0.387. The van der Waals surface area contributed by atoms with Crippen molar-refractivity contribution >= 4 is 35.0 Å². The van der Waals surface area contributed by atoms with Gasteiger partial charge in [0.15, 0.2) is 5.78 Å². The van der Waals surface area contributed by atoms with Crippen molar-refractivity contribution in [3.05, 3.63) is 22.4 Å². The van der Waals surface area contributed by atoms with Gasteiger partial charge in [-0.25, -0.2) is 4.79 Å². The number of ketones is 1. The molecule has 0 saturated carbocycles. The van der Waals surface area contributed by atoms with Crippen molar-refractivity contribution in [1.29, 1.82) is 0 Å². The van der Waals surface area contributed by atoms with Crippen LogP contribution in [0.4, 0.5) is 4.79 Å². The van der Waals surface area contributed by atoms with E-state index in [4.69, 9.17) is 4.74 Å². The van der Waals surface area contributed by atoms with Crippen LogP contribution >= 0.6 is 11.3 Å². The Morgan fingerprint density at radius 1 is 1.11 bits per heavy atom. The summed E-state index contributed by atoms with van der Waals surface area (Å²) in [7, 11) is 0. The van der Waals surface area contributed by atoms with Crippen LogP contribution < -0.4 is 5.32 Å². The molecule has 8 nitrogen and oxygen atoms in total. The molecule has 0 aromatic carbocycles. The molecule has 3 amide bonds. The lowest BCUT2D eigenvalue weighted by molar-refractivity contribution is -0.134. The molecule has 2 heterocycles. The summed E-state index contributed by atoms with van der Waals surface area (Å²) in [5, 5.41) is 4.44. The van der Waals surface area contributed by atoms with Crippen LogP contribution in [0.2, 0.25) is 0 Å². The maximum absolute atomic E-state index is 12.2. The van der Waals surface area contributed by atoms with Gasteiger partial charge in [0.05, 0.1) is 18.0 Å². The molecule has 0 atom stereocenters. The van der Waals surface area contributed by atoms with Crippen LogP contribution in [-0.4, -0.2) is 72.8 Å². The molecule has 1 aliphatic rings. The van der Waals surface area contributed by atoms with E-state index in [1.54, 1.807) is 22.8 Å². The number of ether oxygens (including phenoxy) is 1. The second kappa shape index (κ2) is 10.7. The molecule has 1 aliphatic heterocycles. The minimum Gasteiger partial charge on any atom is -0.450 e. The average Bonchev–Trinajstić information content (AvgIpc) is 3.21. The molecule has 0 radical (unpaired) electrons. The Kier molecular flexibility index (Phi) is 8.25. The molecule has 1 aromatic rings. The van der Waals surface area contributed by atoms with Crippen LogP contribution in [0.5, 0.6) is 0 Å². The molecule has 0 bridgehead atoms. The second-order valence-electron chi connectivity index (χ2n) is 6.10. The summed E-state index contributed by atoms with van der Waals surface area (Å²) in [6.07, 6.45) is 0.614. The number of Topliss-reactive ketones (excluding diaryl/α,β-unsaturated/α-hetero) is 1. The summed E-state index contributed by atoms with van der Waals surface area (Å²) >= 11 is 1.39. The maximum Gasteiger partial charge on any atom is 0.409 e. The van der Waals surface area contributed by atoms with Crippen molar-refractivity contribution < 1.29 is 23.9 Å². The predicted octanol–water partition coefficient (Wildman–Crippen LogP) is 1.52. The fourth-order valence-electron chi connectivity index (χ4n) is 2.70. The largest absolute Gasteiger partial charge is 0.450 e. The number of nitrogens with one attached hydrogen (secondary N) is 1. The number of nitrogens with zero attached hydrogens (tertiary/aromatic N) is 2. The zero-order valence-corrected chi connectivity index (χ0v) is 16.3. The summed E-state index contributed by atoms with van der Waals surface area (Å²) < 4.78 is 4.94. The van der Waals surface area contributed by atoms with Crippen molar-refractivity contribution in [2.75, 3.05) is 39.3 Å². The maximum atomic E-state index is 12.2. The molecule has 2 rings (SSSR count). The Morgan fingerprint density at radius 2 is 1.81 bits per heavy atom. The smallest absolute Gasteiger partial charge is 0.409 e. The zero-order chi connectivity index (χ0) is 19.6. The lowest BCUT2D eigenvalue weighted by atomic mass is 10.1. The molecule has 148 valence electrons. The van der Waals surface area contributed by atoms with Gasteiger partial charge in [0.25, 0.3) is 0 Å². The highest BCUT2D eigenvalue weighted by Gasteiger charge is 2.24. The van der Waals surface area contributed by atoms with E-state index in [-0.39, 0.29) is 36.7 Å². The Labute approximate surface area is 162 Å². The van der Waals surface area contributed by atoms with E-state index in [1.807, 2.05) is 11.4 Å². The molecule has 9 heteroatoms. The van der Waals surface area contributed by atoms with E-state index in [0.29, 0.717) is 50.5 Å². The van der Waals surface area contributed by atoms with Crippen LogP contribution in [-0.2, 0) is 14.3 Å². The Bertz CT molecular complexity index is 654. The van der Waals surface area contributed by atoms with Gasteiger partial charge >= 0.3 is 6.09 Å². The van der Waals surface area contributed by atoms with Crippen LogP contribution in [0.1, 0.15) is 35.9 Å². The van der Waals surface area contributed by atoms with Crippen molar-refractivity contribution in [2.45, 2.75) is 26.2 Å². The molecule has 1 saturated heterocycles. The molecule has 27 heavy (non-hydrogen) atoms. The first-order valence-corrected chi connectivity index (χ1v) is 9.92. The minimum absolute atomic E-state index is 0.0355. The van der Waals surface area contributed by atoms with E-state index in [2.05, 4.69) is 5.32 Å². The lowest BCUT2D eigenvalue weighted by Gasteiger charge is -2.34. The molecule has 1 fully saturated rings. The van der Waals surface area contributed by atoms with Gasteiger partial charge in [0.2, 0.25) is 11.8 Å². The average molecular weight is 395 g/mol. The molecular weight excluding hydrogens is 370 g/mol. The van der Waals surface area contributed by atoms with Crippen molar-refractivity contribution in [1.82, 2.24) is 15.1 Å². The normalized spacial score (nSPS) is 14.0. The van der Waals surface area contributed by atoms with Crippen molar-refractivity contribution in [2.24, 2.45) is 0 Å². The Balaban J connectivity index is 1.60. The third kappa shape index (κ3) is 6.67. The highest BCUT2D eigenvalue weighted by molar-refractivity contribution is 7.12. The SMILES string of the molecule is CCOC(=O)N1CCN(C(=O)CNC(=O)CCCC(=O)c2cccs2)CC1. The van der Waals surface area contributed by atoms with Gasteiger partial charge in [-0.1, -0.05) is 6.07 Å². The number of rotatable bonds is 8. The summed E-state index contributed by atoms with van der Waals surface area (Å²) in [4.78, 5) is 51.4. The highest BCUT2D eigenvalue weighted by atomic mass is 32.1.